The van der Waals surface area contributed by atoms with Gasteiger partial charge in [-0.05, 0) is 24.6 Å². The molecule has 2 heterocycles. The van der Waals surface area contributed by atoms with E-state index < -0.39 is 0 Å². The van der Waals surface area contributed by atoms with Crippen LogP contribution in [0.3, 0.4) is 0 Å². The van der Waals surface area contributed by atoms with Crippen LogP contribution in [0.1, 0.15) is 11.3 Å². The lowest BCUT2D eigenvalue weighted by atomic mass is 10.2. The molecule has 1 N–H and O–H groups in total. The molecule has 1 saturated heterocycles. The Morgan fingerprint density at radius 3 is 2.48 bits per heavy atom. The van der Waals surface area contributed by atoms with Gasteiger partial charge in [-0.15, -0.1) is 0 Å². The highest BCUT2D eigenvalue weighted by Crippen LogP contribution is 2.22. The normalized spacial score (nSPS) is 14.6. The second-order valence-corrected chi connectivity index (χ2v) is 7.30. The first kappa shape index (κ1) is 19.2. The number of benzene rings is 2. The van der Waals surface area contributed by atoms with Crippen molar-refractivity contribution in [2.75, 3.05) is 43.5 Å². The zero-order valence-electron chi connectivity index (χ0n) is 17.0. The lowest BCUT2D eigenvalue weighted by Crippen LogP contribution is -2.46. The number of anilines is 3. The van der Waals surface area contributed by atoms with Crippen molar-refractivity contribution < 1.29 is 4.74 Å². The number of methoxy groups -OCH3 is 1. The minimum atomic E-state index is 0.611. The molecule has 0 atom stereocenters. The second kappa shape index (κ2) is 8.92. The zero-order valence-corrected chi connectivity index (χ0v) is 17.0. The lowest BCUT2D eigenvalue weighted by Gasteiger charge is -2.35. The van der Waals surface area contributed by atoms with Crippen molar-refractivity contribution in [3.05, 3.63) is 71.9 Å². The van der Waals surface area contributed by atoms with E-state index in [1.807, 2.05) is 31.2 Å². The predicted octanol–water partition coefficient (Wildman–Crippen LogP) is 3.86. The molecule has 0 spiro atoms. The van der Waals surface area contributed by atoms with E-state index in [2.05, 4.69) is 56.5 Å². The van der Waals surface area contributed by atoms with Gasteiger partial charge in [-0.2, -0.15) is 4.98 Å². The van der Waals surface area contributed by atoms with Gasteiger partial charge < -0.3 is 15.0 Å². The van der Waals surface area contributed by atoms with Crippen molar-refractivity contribution in [2.24, 2.45) is 0 Å². The third kappa shape index (κ3) is 5.03. The van der Waals surface area contributed by atoms with Gasteiger partial charge in [0.25, 0.3) is 0 Å². The molecule has 0 unspecified atom stereocenters. The molecule has 0 aliphatic carbocycles. The van der Waals surface area contributed by atoms with Crippen molar-refractivity contribution in [3.8, 4) is 5.75 Å². The topological polar surface area (TPSA) is 53.5 Å². The Morgan fingerprint density at radius 2 is 1.72 bits per heavy atom. The molecule has 1 aliphatic rings. The molecule has 1 fully saturated rings. The molecule has 2 aromatic carbocycles. The SMILES string of the molecule is COc1cccc(Nc2nc(C)cc(N3CCN(Cc4ccccc4)CC3)n2)c1. The second-order valence-electron chi connectivity index (χ2n) is 7.30. The maximum absolute atomic E-state index is 5.29. The van der Waals surface area contributed by atoms with E-state index >= 15 is 0 Å². The van der Waals surface area contributed by atoms with Gasteiger partial charge in [0.05, 0.1) is 7.11 Å². The number of hydrogen-bond acceptors (Lipinski definition) is 6. The maximum Gasteiger partial charge on any atom is 0.229 e. The van der Waals surface area contributed by atoms with E-state index in [1.165, 1.54) is 5.56 Å². The summed E-state index contributed by atoms with van der Waals surface area (Å²) in [5, 5.41) is 3.30. The largest absolute Gasteiger partial charge is 0.497 e. The lowest BCUT2D eigenvalue weighted by molar-refractivity contribution is 0.249. The first-order chi connectivity index (χ1) is 14.2. The molecule has 0 amide bonds. The zero-order chi connectivity index (χ0) is 20.1. The molecular formula is C23H27N5O. The summed E-state index contributed by atoms with van der Waals surface area (Å²) >= 11 is 0. The molecular weight excluding hydrogens is 362 g/mol. The Bertz CT molecular complexity index is 939. The Hall–Kier alpha value is -3.12. The van der Waals surface area contributed by atoms with Crippen molar-refractivity contribution >= 4 is 17.5 Å². The number of hydrogen-bond donors (Lipinski definition) is 1. The van der Waals surface area contributed by atoms with E-state index in [4.69, 9.17) is 9.72 Å². The standard InChI is InChI=1S/C23H27N5O/c1-18-15-22(26-23(24-18)25-20-9-6-10-21(16-20)29-2)28-13-11-27(12-14-28)17-19-7-4-3-5-8-19/h3-10,15-16H,11-14,17H2,1-2H3,(H,24,25,26). The summed E-state index contributed by atoms with van der Waals surface area (Å²) in [4.78, 5) is 14.1. The number of nitrogens with one attached hydrogen (secondary N) is 1. The van der Waals surface area contributed by atoms with Crippen LogP contribution in [0, 0.1) is 6.92 Å². The molecule has 6 heteroatoms. The van der Waals surface area contributed by atoms with Gasteiger partial charge >= 0.3 is 0 Å². The fourth-order valence-corrected chi connectivity index (χ4v) is 3.58. The van der Waals surface area contributed by atoms with Crippen LogP contribution in [0.4, 0.5) is 17.5 Å². The monoisotopic (exact) mass is 389 g/mol. The smallest absolute Gasteiger partial charge is 0.229 e. The first-order valence-electron chi connectivity index (χ1n) is 9.97. The molecule has 1 aliphatic heterocycles. The van der Waals surface area contributed by atoms with Crippen LogP contribution in [-0.4, -0.2) is 48.2 Å². The number of rotatable bonds is 6. The number of aromatic nitrogens is 2. The summed E-state index contributed by atoms with van der Waals surface area (Å²) in [5.74, 6) is 2.39. The van der Waals surface area contributed by atoms with Crippen molar-refractivity contribution in [1.29, 1.82) is 0 Å². The van der Waals surface area contributed by atoms with E-state index in [1.54, 1.807) is 7.11 Å². The van der Waals surface area contributed by atoms with E-state index in [-0.39, 0.29) is 0 Å². The van der Waals surface area contributed by atoms with Crippen molar-refractivity contribution in [2.45, 2.75) is 13.5 Å². The van der Waals surface area contributed by atoms with Crippen LogP contribution >= 0.6 is 0 Å². The summed E-state index contributed by atoms with van der Waals surface area (Å²) in [6.45, 7) is 6.98. The molecule has 0 saturated carbocycles. The molecule has 1 aromatic heterocycles. The fourth-order valence-electron chi connectivity index (χ4n) is 3.58. The molecule has 150 valence electrons. The molecule has 3 aromatic rings. The van der Waals surface area contributed by atoms with Gasteiger partial charge in [-0.1, -0.05) is 36.4 Å². The minimum absolute atomic E-state index is 0.611. The Balaban J connectivity index is 1.41. The van der Waals surface area contributed by atoms with Crippen molar-refractivity contribution in [3.63, 3.8) is 0 Å². The summed E-state index contributed by atoms with van der Waals surface area (Å²) in [6, 6.07) is 20.5. The molecule has 0 radical (unpaired) electrons. The number of nitrogens with zero attached hydrogens (tertiary/aromatic N) is 4. The van der Waals surface area contributed by atoms with Gasteiger partial charge in [0.15, 0.2) is 0 Å². The fraction of sp³-hybridized carbons (Fsp3) is 0.304. The van der Waals surface area contributed by atoms with Crippen LogP contribution in [0.2, 0.25) is 0 Å². The Kier molecular flexibility index (Phi) is 5.91. The van der Waals surface area contributed by atoms with E-state index in [9.17, 15) is 0 Å². The molecule has 4 rings (SSSR count). The van der Waals surface area contributed by atoms with E-state index in [0.29, 0.717) is 5.95 Å². The van der Waals surface area contributed by atoms with E-state index in [0.717, 1.165) is 55.7 Å². The average Bonchev–Trinajstić information content (AvgIpc) is 2.75. The van der Waals surface area contributed by atoms with Crippen LogP contribution in [0.15, 0.2) is 60.7 Å². The maximum atomic E-state index is 5.29. The molecule has 0 bridgehead atoms. The highest BCUT2D eigenvalue weighted by Gasteiger charge is 2.19. The summed E-state index contributed by atoms with van der Waals surface area (Å²) in [7, 11) is 1.66. The van der Waals surface area contributed by atoms with Crippen LogP contribution < -0.4 is 15.0 Å². The molecule has 6 nitrogen and oxygen atoms in total. The number of piperazine rings is 1. The summed E-state index contributed by atoms with van der Waals surface area (Å²) in [5.41, 5.74) is 3.23. The number of ether oxygens (including phenoxy) is 1. The Labute approximate surface area is 172 Å². The average molecular weight is 390 g/mol. The highest BCUT2D eigenvalue weighted by atomic mass is 16.5. The summed E-state index contributed by atoms with van der Waals surface area (Å²) in [6.07, 6.45) is 0. The van der Waals surface area contributed by atoms with Gasteiger partial charge in [0.1, 0.15) is 11.6 Å². The summed E-state index contributed by atoms with van der Waals surface area (Å²) < 4.78 is 5.29. The highest BCUT2D eigenvalue weighted by molar-refractivity contribution is 5.57. The van der Waals surface area contributed by atoms with Gasteiger partial charge in [0.2, 0.25) is 5.95 Å². The Morgan fingerprint density at radius 1 is 0.931 bits per heavy atom. The first-order valence-corrected chi connectivity index (χ1v) is 9.97. The minimum Gasteiger partial charge on any atom is -0.497 e. The van der Waals surface area contributed by atoms with Crippen LogP contribution in [0.5, 0.6) is 5.75 Å². The predicted molar refractivity (Wildman–Crippen MR) is 117 cm³/mol. The number of aryl methyl sites for hydroxylation is 1. The molecule has 29 heavy (non-hydrogen) atoms. The third-order valence-electron chi connectivity index (χ3n) is 5.11. The van der Waals surface area contributed by atoms with Gasteiger partial charge in [0, 0.05) is 56.2 Å². The van der Waals surface area contributed by atoms with Crippen LogP contribution in [0.25, 0.3) is 0 Å². The van der Waals surface area contributed by atoms with Crippen LogP contribution in [-0.2, 0) is 6.54 Å². The van der Waals surface area contributed by atoms with Gasteiger partial charge in [-0.3, -0.25) is 4.90 Å². The van der Waals surface area contributed by atoms with Gasteiger partial charge in [-0.25, -0.2) is 4.98 Å². The van der Waals surface area contributed by atoms with Crippen molar-refractivity contribution in [1.82, 2.24) is 14.9 Å². The third-order valence-corrected chi connectivity index (χ3v) is 5.11. The quantitative estimate of drug-likeness (QED) is 0.691.